The Labute approximate surface area is 210 Å². The van der Waals surface area contributed by atoms with Gasteiger partial charge in [0.25, 0.3) is 0 Å². The molecule has 176 valence electrons. The summed E-state index contributed by atoms with van der Waals surface area (Å²) in [6.07, 6.45) is 21.5. The maximum atomic E-state index is 11.3. The van der Waals surface area contributed by atoms with Gasteiger partial charge in [0.1, 0.15) is 0 Å². The first-order valence-corrected chi connectivity index (χ1v) is 14.0. The first-order chi connectivity index (χ1) is 13.9. The molecule has 0 aromatic heterocycles. The van der Waals surface area contributed by atoms with Crippen molar-refractivity contribution < 1.29 is 47.6 Å². The Balaban J connectivity index is 0. The maximum Gasteiger partial charge on any atom is 1.00 e. The number of rotatable bonds is 22. The van der Waals surface area contributed by atoms with E-state index in [4.69, 9.17) is 0 Å². The molecule has 0 aromatic carbocycles. The Morgan fingerprint density at radius 2 is 1.00 bits per heavy atom. The maximum absolute atomic E-state index is 11.3. The summed E-state index contributed by atoms with van der Waals surface area (Å²) in [6.45, 7) is 4.24. The second-order valence-electron chi connectivity index (χ2n) is 8.88. The summed E-state index contributed by atoms with van der Waals surface area (Å²) < 4.78 is 34.0. The van der Waals surface area contributed by atoms with E-state index in [1.165, 1.54) is 83.5 Å². The third kappa shape index (κ3) is 22.1. The van der Waals surface area contributed by atoms with Gasteiger partial charge < -0.3 is 9.66 Å². The first-order valence-electron chi connectivity index (χ1n) is 12.5. The summed E-state index contributed by atoms with van der Waals surface area (Å²) >= 11 is 0. The first kappa shape index (κ1) is 33.0. The zero-order valence-electron chi connectivity index (χ0n) is 20.4. The van der Waals surface area contributed by atoms with Crippen LogP contribution in [0.2, 0.25) is 0 Å². The molecular weight excluding hydrogens is 407 g/mol. The largest absolute Gasteiger partial charge is 1.00 e. The van der Waals surface area contributed by atoms with Crippen LogP contribution < -0.4 is 29.6 Å². The smallest absolute Gasteiger partial charge is 0.748 e. The second kappa shape index (κ2) is 23.0. The molecule has 2 atom stereocenters. The Kier molecular flexibility index (Phi) is 25.4. The third-order valence-electron chi connectivity index (χ3n) is 5.96. The molecule has 0 aromatic rings. The molecule has 6 heteroatoms. The number of hydrogen-bond donors (Lipinski definition) is 1. The van der Waals surface area contributed by atoms with Crippen molar-refractivity contribution in [3.05, 3.63) is 0 Å². The molecule has 0 heterocycles. The SMILES string of the molecule is CCCCCCCCCCCCCCCCCC(O)CC(CCCC)S(=O)(=O)[O-].[Na+]. The predicted molar refractivity (Wildman–Crippen MR) is 123 cm³/mol. The van der Waals surface area contributed by atoms with Crippen molar-refractivity contribution in [1.82, 2.24) is 0 Å². The normalized spacial score (nSPS) is 13.7. The van der Waals surface area contributed by atoms with Gasteiger partial charge in [-0.05, 0) is 19.3 Å². The molecule has 0 bridgehead atoms. The Bertz CT molecular complexity index is 442. The second-order valence-corrected chi connectivity index (χ2v) is 10.5. The molecule has 0 saturated carbocycles. The van der Waals surface area contributed by atoms with Crippen LogP contribution in [-0.2, 0) is 10.1 Å². The number of unbranched alkanes of at least 4 members (excludes halogenated alkanes) is 15. The van der Waals surface area contributed by atoms with Gasteiger partial charge in [0.2, 0.25) is 0 Å². The number of aliphatic hydroxyl groups is 1. The van der Waals surface area contributed by atoms with Crippen molar-refractivity contribution in [2.24, 2.45) is 0 Å². The van der Waals surface area contributed by atoms with Gasteiger partial charge in [-0.3, -0.25) is 0 Å². The third-order valence-corrected chi connectivity index (χ3v) is 7.21. The molecule has 0 saturated heterocycles. The van der Waals surface area contributed by atoms with Crippen LogP contribution >= 0.6 is 0 Å². The topological polar surface area (TPSA) is 77.4 Å². The minimum absolute atomic E-state index is 0. The predicted octanol–water partition coefficient (Wildman–Crippen LogP) is 4.11. The average molecular weight is 457 g/mol. The summed E-state index contributed by atoms with van der Waals surface area (Å²) in [4.78, 5) is 0. The van der Waals surface area contributed by atoms with Crippen molar-refractivity contribution in [1.29, 1.82) is 0 Å². The molecular formula is C24H49NaO4S. The molecule has 0 aliphatic carbocycles. The Morgan fingerprint density at radius 3 is 1.37 bits per heavy atom. The van der Waals surface area contributed by atoms with E-state index in [0.717, 1.165) is 25.7 Å². The fourth-order valence-corrected chi connectivity index (χ4v) is 4.90. The van der Waals surface area contributed by atoms with Gasteiger partial charge in [-0.25, -0.2) is 8.42 Å². The summed E-state index contributed by atoms with van der Waals surface area (Å²) in [5.74, 6) is 0. The van der Waals surface area contributed by atoms with Crippen LogP contribution in [-0.4, -0.2) is 29.4 Å². The number of aliphatic hydroxyl groups excluding tert-OH is 1. The van der Waals surface area contributed by atoms with Gasteiger partial charge in [0.05, 0.1) is 21.5 Å². The molecule has 0 spiro atoms. The Morgan fingerprint density at radius 1 is 0.633 bits per heavy atom. The monoisotopic (exact) mass is 456 g/mol. The summed E-state index contributed by atoms with van der Waals surface area (Å²) in [7, 11) is -4.30. The molecule has 0 rings (SSSR count). The summed E-state index contributed by atoms with van der Waals surface area (Å²) in [5.41, 5.74) is 0. The van der Waals surface area contributed by atoms with Crippen molar-refractivity contribution in [2.75, 3.05) is 0 Å². The van der Waals surface area contributed by atoms with Crippen molar-refractivity contribution in [2.45, 2.75) is 154 Å². The van der Waals surface area contributed by atoms with Gasteiger partial charge in [-0.2, -0.15) is 0 Å². The van der Waals surface area contributed by atoms with E-state index in [1.807, 2.05) is 6.92 Å². The van der Waals surface area contributed by atoms with E-state index < -0.39 is 21.5 Å². The van der Waals surface area contributed by atoms with Crippen molar-refractivity contribution in [3.8, 4) is 0 Å². The van der Waals surface area contributed by atoms with E-state index in [2.05, 4.69) is 6.92 Å². The van der Waals surface area contributed by atoms with Crippen molar-refractivity contribution in [3.63, 3.8) is 0 Å². The molecule has 0 radical (unpaired) electrons. The quantitative estimate of drug-likeness (QED) is 0.151. The zero-order chi connectivity index (χ0) is 21.8. The summed E-state index contributed by atoms with van der Waals surface area (Å²) in [6, 6.07) is 0. The van der Waals surface area contributed by atoms with Crippen LogP contribution in [0.5, 0.6) is 0 Å². The number of hydrogen-bond acceptors (Lipinski definition) is 4. The van der Waals surface area contributed by atoms with Gasteiger partial charge >= 0.3 is 29.6 Å². The van der Waals surface area contributed by atoms with Gasteiger partial charge in [0.15, 0.2) is 0 Å². The van der Waals surface area contributed by atoms with E-state index >= 15 is 0 Å². The molecule has 0 fully saturated rings. The van der Waals surface area contributed by atoms with Gasteiger partial charge in [-0.1, -0.05) is 123 Å². The molecule has 4 nitrogen and oxygen atoms in total. The van der Waals surface area contributed by atoms with Crippen LogP contribution in [0, 0.1) is 0 Å². The zero-order valence-corrected chi connectivity index (χ0v) is 23.2. The van der Waals surface area contributed by atoms with E-state index in [1.54, 1.807) is 0 Å². The minimum Gasteiger partial charge on any atom is -0.748 e. The molecule has 0 aliphatic heterocycles. The standard InChI is InChI=1S/C24H50O4S.Na/c1-3-5-7-8-9-10-11-12-13-14-15-16-17-18-19-20-23(25)22-24(21-6-4-2)29(26,27)28;/h23-25H,3-22H2,1-2H3,(H,26,27,28);/q;+1/p-1. The van der Waals surface area contributed by atoms with Crippen molar-refractivity contribution >= 4 is 10.1 Å². The molecule has 0 aliphatic rings. The molecule has 30 heavy (non-hydrogen) atoms. The van der Waals surface area contributed by atoms with E-state index in [9.17, 15) is 18.1 Å². The Hall–Kier alpha value is 0.870. The van der Waals surface area contributed by atoms with Crippen LogP contribution in [0.3, 0.4) is 0 Å². The summed E-state index contributed by atoms with van der Waals surface area (Å²) in [5, 5.41) is 9.16. The minimum atomic E-state index is -4.30. The van der Waals surface area contributed by atoms with Gasteiger partial charge in [0, 0.05) is 0 Å². The van der Waals surface area contributed by atoms with E-state index in [0.29, 0.717) is 12.8 Å². The van der Waals surface area contributed by atoms with Crippen LogP contribution in [0.1, 0.15) is 142 Å². The molecule has 2 unspecified atom stereocenters. The van der Waals surface area contributed by atoms with Crippen LogP contribution in [0.25, 0.3) is 0 Å². The fraction of sp³-hybridized carbons (Fsp3) is 1.00. The van der Waals surface area contributed by atoms with Crippen LogP contribution in [0.4, 0.5) is 0 Å². The van der Waals surface area contributed by atoms with E-state index in [-0.39, 0.29) is 36.0 Å². The molecule has 0 amide bonds. The van der Waals surface area contributed by atoms with Gasteiger partial charge in [-0.15, -0.1) is 0 Å². The van der Waals surface area contributed by atoms with Crippen LogP contribution in [0.15, 0.2) is 0 Å². The fourth-order valence-electron chi connectivity index (χ4n) is 3.98. The average Bonchev–Trinajstić information content (AvgIpc) is 2.67. The molecule has 1 N–H and O–H groups in total.